The van der Waals surface area contributed by atoms with Crippen molar-refractivity contribution in [1.29, 1.82) is 0 Å². The molecule has 4 aromatic rings. The Labute approximate surface area is 320 Å². The molecule has 4 aliphatic rings. The molecular weight excluding hydrogens is 738 g/mol. The number of carbonyl (C=O) groups is 2. The summed E-state index contributed by atoms with van der Waals surface area (Å²) >= 11 is 0. The van der Waals surface area contributed by atoms with Gasteiger partial charge in [-0.25, -0.2) is 46.3 Å². The van der Waals surface area contributed by atoms with E-state index < -0.39 is 34.9 Å². The van der Waals surface area contributed by atoms with Crippen LogP contribution in [-0.4, -0.2) is 80.8 Å². The van der Waals surface area contributed by atoms with E-state index in [1.807, 2.05) is 9.80 Å². The van der Waals surface area contributed by atoms with E-state index in [-0.39, 0.29) is 35.5 Å². The number of aromatic nitrogens is 4. The molecule has 2 N–H and O–H groups in total. The molecule has 4 atom stereocenters. The fraction of sp³-hybridized carbons (Fsp3) is 0.450. The fourth-order valence-electron chi connectivity index (χ4n) is 7.70. The number of halogens is 6. The van der Waals surface area contributed by atoms with Crippen LogP contribution in [0.15, 0.2) is 61.2 Å². The van der Waals surface area contributed by atoms with Gasteiger partial charge in [-0.1, -0.05) is 24.3 Å². The zero-order chi connectivity index (χ0) is 39.3. The van der Waals surface area contributed by atoms with Crippen LogP contribution in [0.1, 0.15) is 61.5 Å². The van der Waals surface area contributed by atoms with E-state index in [4.69, 9.17) is 0 Å². The summed E-state index contributed by atoms with van der Waals surface area (Å²) in [7, 11) is 0. The van der Waals surface area contributed by atoms with Crippen molar-refractivity contribution in [3.8, 4) is 0 Å². The van der Waals surface area contributed by atoms with Gasteiger partial charge in [0.2, 0.25) is 23.7 Å². The van der Waals surface area contributed by atoms with E-state index in [1.54, 1.807) is 12.1 Å². The summed E-state index contributed by atoms with van der Waals surface area (Å²) in [6.07, 6.45) is 8.96. The second kappa shape index (κ2) is 17.2. The summed E-state index contributed by atoms with van der Waals surface area (Å²) in [5.41, 5.74) is 0.605. The van der Waals surface area contributed by atoms with Gasteiger partial charge in [-0.2, -0.15) is 0 Å². The number of hydrogen-bond acceptors (Lipinski definition) is 8. The number of carbonyl (C=O) groups excluding carboxylic acids is 2. The second-order valence-corrected chi connectivity index (χ2v) is 14.9. The molecule has 56 heavy (non-hydrogen) atoms. The molecule has 0 bridgehead atoms. The number of hydrogen-bond donors (Lipinski definition) is 2. The van der Waals surface area contributed by atoms with Gasteiger partial charge in [0.15, 0.2) is 34.9 Å². The summed E-state index contributed by atoms with van der Waals surface area (Å²) in [6.45, 7) is 3.89. The molecule has 4 fully saturated rings. The highest BCUT2D eigenvalue weighted by atomic mass is 19.2. The minimum absolute atomic E-state index is 0.0296. The highest BCUT2D eigenvalue weighted by Crippen LogP contribution is 2.50. The van der Waals surface area contributed by atoms with E-state index in [0.717, 1.165) is 62.6 Å². The highest BCUT2D eigenvalue weighted by Gasteiger charge is 2.48. The van der Waals surface area contributed by atoms with Crippen molar-refractivity contribution in [1.82, 2.24) is 29.7 Å². The van der Waals surface area contributed by atoms with Crippen molar-refractivity contribution < 1.29 is 35.9 Å². The van der Waals surface area contributed by atoms with E-state index >= 15 is 0 Å². The quantitative estimate of drug-likeness (QED) is 0.171. The normalized spacial score (nSPS) is 22.2. The van der Waals surface area contributed by atoms with Gasteiger partial charge >= 0.3 is 0 Å². The Morgan fingerprint density at radius 3 is 1.29 bits per heavy atom. The summed E-state index contributed by atoms with van der Waals surface area (Å²) < 4.78 is 80.3. The number of benzene rings is 2. The third-order valence-corrected chi connectivity index (χ3v) is 11.2. The van der Waals surface area contributed by atoms with Crippen LogP contribution in [0, 0.1) is 58.6 Å². The number of nitrogens with one attached hydrogen (secondary N) is 2. The van der Waals surface area contributed by atoms with Gasteiger partial charge in [-0.15, -0.1) is 0 Å². The lowest BCUT2D eigenvalue weighted by Gasteiger charge is -2.32. The van der Waals surface area contributed by atoms with Gasteiger partial charge in [-0.05, 0) is 85.5 Å². The molecule has 2 aliphatic heterocycles. The number of rotatable bonds is 10. The maximum Gasteiger partial charge on any atom is 0.226 e. The molecule has 10 nitrogen and oxygen atoms in total. The number of likely N-dealkylation sites (tertiary alicyclic amines) is 2. The summed E-state index contributed by atoms with van der Waals surface area (Å²) in [5.74, 6) is -3.74. The topological polar surface area (TPSA) is 116 Å². The van der Waals surface area contributed by atoms with Crippen LogP contribution in [-0.2, 0) is 9.59 Å². The first kappa shape index (κ1) is 39.0. The lowest BCUT2D eigenvalue weighted by molar-refractivity contribution is -0.134. The summed E-state index contributed by atoms with van der Waals surface area (Å²) in [5, 5.41) is 6.18. The monoisotopic (exact) mass is 780 g/mol. The van der Waals surface area contributed by atoms with E-state index in [0.29, 0.717) is 87.0 Å². The van der Waals surface area contributed by atoms with Crippen LogP contribution in [0.4, 0.5) is 38.2 Å². The van der Waals surface area contributed by atoms with Crippen molar-refractivity contribution in [2.45, 2.75) is 50.4 Å². The number of anilines is 2. The smallest absolute Gasteiger partial charge is 0.226 e. The van der Waals surface area contributed by atoms with Crippen molar-refractivity contribution in [3.63, 3.8) is 0 Å². The van der Waals surface area contributed by atoms with Crippen LogP contribution in [0.25, 0.3) is 0 Å². The first-order valence-electron chi connectivity index (χ1n) is 18.9. The number of piperidine rings is 2. The van der Waals surface area contributed by atoms with Crippen LogP contribution in [0.2, 0.25) is 0 Å². The SMILES string of the molecule is O=C([C@@H]1C[C@H]1c1cccc(F)c1F)N1CCC(CNc2ncc(F)cn2)CC1.O=C([C@H]1C[C@@H]1c1cccc(F)c1F)N1CCC(CNc2ncc(F)cn2)CC1. The predicted octanol–water partition coefficient (Wildman–Crippen LogP) is 6.70. The van der Waals surface area contributed by atoms with Crippen LogP contribution < -0.4 is 10.6 Å². The lowest BCUT2D eigenvalue weighted by Crippen LogP contribution is -2.41. The molecule has 2 amide bonds. The van der Waals surface area contributed by atoms with E-state index in [9.17, 15) is 35.9 Å². The molecule has 8 rings (SSSR count). The van der Waals surface area contributed by atoms with Gasteiger partial charge < -0.3 is 20.4 Å². The standard InChI is InChI=1S/2C20H21F3N4O/c2*21-13-10-25-20(26-11-13)24-9-12-4-6-27(7-5-12)19(28)16-8-15(16)14-2-1-3-17(22)18(14)23/h2*1-3,10-12,15-16H,4-9H2,(H,24,25,26)/t2*15-,16+/m10/s1. The first-order chi connectivity index (χ1) is 27.0. The van der Waals surface area contributed by atoms with Crippen molar-refractivity contribution in [2.24, 2.45) is 23.7 Å². The zero-order valence-corrected chi connectivity index (χ0v) is 30.5. The summed E-state index contributed by atoms with van der Waals surface area (Å²) in [4.78, 5) is 44.5. The average molecular weight is 781 g/mol. The number of amides is 2. The molecule has 4 heterocycles. The fourth-order valence-corrected chi connectivity index (χ4v) is 7.70. The van der Waals surface area contributed by atoms with Crippen LogP contribution in [0.3, 0.4) is 0 Å². The average Bonchev–Trinajstić information content (AvgIpc) is 4.16. The molecular formula is C40H42F6N8O2. The van der Waals surface area contributed by atoms with Crippen molar-refractivity contribution >= 4 is 23.7 Å². The molecule has 2 aliphatic carbocycles. The van der Waals surface area contributed by atoms with Crippen LogP contribution in [0.5, 0.6) is 0 Å². The zero-order valence-electron chi connectivity index (χ0n) is 30.5. The lowest BCUT2D eigenvalue weighted by atomic mass is 9.96. The Balaban J connectivity index is 0.000000172. The third kappa shape index (κ3) is 9.39. The Morgan fingerprint density at radius 1 is 0.571 bits per heavy atom. The third-order valence-electron chi connectivity index (χ3n) is 11.2. The number of nitrogens with zero attached hydrogens (tertiary/aromatic N) is 6. The molecule has 2 saturated heterocycles. The molecule has 2 aromatic heterocycles. The van der Waals surface area contributed by atoms with Crippen molar-refractivity contribution in [3.05, 3.63) is 107 Å². The molecule has 2 aromatic carbocycles. The van der Waals surface area contributed by atoms with Gasteiger partial charge in [0.05, 0.1) is 24.8 Å². The Hall–Kier alpha value is -5.28. The van der Waals surface area contributed by atoms with Gasteiger partial charge in [-0.3, -0.25) is 9.59 Å². The molecule has 2 saturated carbocycles. The first-order valence-corrected chi connectivity index (χ1v) is 18.9. The Kier molecular flexibility index (Phi) is 12.0. The van der Waals surface area contributed by atoms with E-state index in [1.165, 1.54) is 12.1 Å². The van der Waals surface area contributed by atoms with Gasteiger partial charge in [0.25, 0.3) is 0 Å². The molecule has 296 valence electrons. The molecule has 0 unspecified atom stereocenters. The highest BCUT2D eigenvalue weighted by molar-refractivity contribution is 5.83. The molecule has 0 spiro atoms. The largest absolute Gasteiger partial charge is 0.354 e. The predicted molar refractivity (Wildman–Crippen MR) is 194 cm³/mol. The summed E-state index contributed by atoms with van der Waals surface area (Å²) in [6, 6.07) is 8.27. The minimum atomic E-state index is -0.867. The molecule has 16 heteroatoms. The minimum Gasteiger partial charge on any atom is -0.354 e. The maximum absolute atomic E-state index is 13.9. The second-order valence-electron chi connectivity index (χ2n) is 14.9. The van der Waals surface area contributed by atoms with E-state index in [2.05, 4.69) is 30.6 Å². The Bertz CT molecular complexity index is 1850. The van der Waals surface area contributed by atoms with Crippen molar-refractivity contribution in [2.75, 3.05) is 49.9 Å². The Morgan fingerprint density at radius 2 is 0.929 bits per heavy atom. The molecule has 0 radical (unpaired) electrons. The van der Waals surface area contributed by atoms with Gasteiger partial charge in [0.1, 0.15) is 0 Å². The van der Waals surface area contributed by atoms with Gasteiger partial charge in [0, 0.05) is 51.1 Å². The van der Waals surface area contributed by atoms with Crippen LogP contribution >= 0.6 is 0 Å². The maximum atomic E-state index is 13.9.